The standard InChI is InChI=1S/C11H15N5O/c1-13-11(17)10(7-15-8-16-12)5-9-3-2-4-14-6-9/h2-4,6-7,15-16H,1,5,8,12H2/b10-7-. The summed E-state index contributed by atoms with van der Waals surface area (Å²) >= 11 is 0. The number of amides is 1. The molecule has 0 atom stereocenters. The molecule has 0 radical (unpaired) electrons. The lowest BCUT2D eigenvalue weighted by molar-refractivity contribution is -0.114. The Morgan fingerprint density at radius 2 is 2.47 bits per heavy atom. The summed E-state index contributed by atoms with van der Waals surface area (Å²) < 4.78 is 0. The van der Waals surface area contributed by atoms with Crippen molar-refractivity contribution in [1.82, 2.24) is 15.7 Å². The lowest BCUT2D eigenvalue weighted by Gasteiger charge is -2.05. The molecule has 0 aromatic carbocycles. The van der Waals surface area contributed by atoms with Crippen LogP contribution in [-0.4, -0.2) is 24.3 Å². The highest BCUT2D eigenvalue weighted by Crippen LogP contribution is 2.07. The van der Waals surface area contributed by atoms with Gasteiger partial charge in [0.15, 0.2) is 0 Å². The molecule has 17 heavy (non-hydrogen) atoms. The Hall–Kier alpha value is -2.05. The number of hydrogen-bond acceptors (Lipinski definition) is 5. The van der Waals surface area contributed by atoms with Crippen LogP contribution in [0.15, 0.2) is 41.3 Å². The van der Waals surface area contributed by atoms with Crippen LogP contribution in [-0.2, 0) is 11.2 Å². The van der Waals surface area contributed by atoms with Crippen molar-refractivity contribution in [2.75, 3.05) is 6.67 Å². The van der Waals surface area contributed by atoms with Gasteiger partial charge in [0.1, 0.15) is 0 Å². The average Bonchev–Trinajstić information content (AvgIpc) is 2.38. The van der Waals surface area contributed by atoms with Crippen molar-refractivity contribution in [3.63, 3.8) is 0 Å². The van der Waals surface area contributed by atoms with Gasteiger partial charge in [-0.05, 0) is 18.3 Å². The van der Waals surface area contributed by atoms with E-state index in [2.05, 4.69) is 27.4 Å². The Labute approximate surface area is 99.6 Å². The molecule has 1 amide bonds. The van der Waals surface area contributed by atoms with Gasteiger partial charge in [0.05, 0.1) is 6.67 Å². The normalized spacial score (nSPS) is 11.0. The average molecular weight is 233 g/mol. The van der Waals surface area contributed by atoms with Gasteiger partial charge in [0, 0.05) is 30.6 Å². The summed E-state index contributed by atoms with van der Waals surface area (Å²) in [5, 5.41) is 2.84. The van der Waals surface area contributed by atoms with E-state index in [1.807, 2.05) is 12.1 Å². The van der Waals surface area contributed by atoms with Crippen molar-refractivity contribution in [1.29, 1.82) is 0 Å². The maximum absolute atomic E-state index is 11.5. The smallest absolute Gasteiger partial charge is 0.274 e. The predicted molar refractivity (Wildman–Crippen MR) is 65.9 cm³/mol. The maximum atomic E-state index is 11.5. The van der Waals surface area contributed by atoms with Crippen LogP contribution in [0.2, 0.25) is 0 Å². The molecular formula is C11H15N5O. The zero-order valence-corrected chi connectivity index (χ0v) is 9.39. The molecule has 0 saturated carbocycles. The maximum Gasteiger partial charge on any atom is 0.274 e. The molecule has 1 rings (SSSR count). The summed E-state index contributed by atoms with van der Waals surface area (Å²) in [7, 11) is 0. The number of pyridine rings is 1. The highest BCUT2D eigenvalue weighted by atomic mass is 16.1. The number of carbonyl (C=O) groups excluding carboxylic acids is 1. The zero-order valence-electron chi connectivity index (χ0n) is 9.39. The minimum atomic E-state index is -0.363. The molecule has 0 fully saturated rings. The van der Waals surface area contributed by atoms with Gasteiger partial charge in [-0.3, -0.25) is 15.6 Å². The van der Waals surface area contributed by atoms with E-state index < -0.39 is 0 Å². The number of nitrogens with zero attached hydrogens (tertiary/aromatic N) is 2. The van der Waals surface area contributed by atoms with Crippen LogP contribution < -0.4 is 16.6 Å². The van der Waals surface area contributed by atoms with E-state index in [1.165, 1.54) is 0 Å². The molecule has 6 nitrogen and oxygen atoms in total. The molecule has 0 saturated heterocycles. The monoisotopic (exact) mass is 233 g/mol. The van der Waals surface area contributed by atoms with E-state index in [1.54, 1.807) is 18.6 Å². The zero-order chi connectivity index (χ0) is 12.5. The first-order valence-electron chi connectivity index (χ1n) is 5.03. The number of rotatable bonds is 6. The van der Waals surface area contributed by atoms with Crippen molar-refractivity contribution in [3.05, 3.63) is 41.9 Å². The number of aromatic nitrogens is 1. The fraction of sp³-hybridized carbons (Fsp3) is 0.182. The van der Waals surface area contributed by atoms with Gasteiger partial charge in [-0.2, -0.15) is 0 Å². The largest absolute Gasteiger partial charge is 0.377 e. The van der Waals surface area contributed by atoms with Crippen LogP contribution in [0.4, 0.5) is 0 Å². The first-order valence-corrected chi connectivity index (χ1v) is 5.03. The Morgan fingerprint density at radius 1 is 1.65 bits per heavy atom. The van der Waals surface area contributed by atoms with E-state index >= 15 is 0 Å². The molecule has 0 aliphatic carbocycles. The van der Waals surface area contributed by atoms with Crippen molar-refractivity contribution < 1.29 is 4.79 Å². The minimum absolute atomic E-state index is 0.362. The van der Waals surface area contributed by atoms with Crippen molar-refractivity contribution in [2.45, 2.75) is 6.42 Å². The highest BCUT2D eigenvalue weighted by Gasteiger charge is 2.08. The van der Waals surface area contributed by atoms with Crippen molar-refractivity contribution in [3.8, 4) is 0 Å². The van der Waals surface area contributed by atoms with Crippen molar-refractivity contribution in [2.24, 2.45) is 10.8 Å². The third kappa shape index (κ3) is 4.54. The van der Waals surface area contributed by atoms with Crippen LogP contribution >= 0.6 is 0 Å². The molecule has 6 heteroatoms. The topological polar surface area (TPSA) is 92.4 Å². The van der Waals surface area contributed by atoms with Gasteiger partial charge in [-0.1, -0.05) is 6.07 Å². The molecular weight excluding hydrogens is 218 g/mol. The van der Waals surface area contributed by atoms with Gasteiger partial charge in [-0.25, -0.2) is 10.4 Å². The lowest BCUT2D eigenvalue weighted by atomic mass is 10.1. The Kier molecular flexibility index (Phi) is 5.56. The molecule has 0 bridgehead atoms. The van der Waals surface area contributed by atoms with Crippen LogP contribution in [0.3, 0.4) is 0 Å². The summed E-state index contributed by atoms with van der Waals surface area (Å²) in [4.78, 5) is 18.9. The molecule has 4 N–H and O–H groups in total. The number of aliphatic imine (C=N–C) groups is 1. The van der Waals surface area contributed by atoms with Crippen LogP contribution in [0, 0.1) is 0 Å². The second kappa shape index (κ2) is 7.26. The first-order chi connectivity index (χ1) is 8.27. The highest BCUT2D eigenvalue weighted by molar-refractivity contribution is 5.96. The molecule has 90 valence electrons. The summed E-state index contributed by atoms with van der Waals surface area (Å²) in [6.07, 6.45) is 5.40. The number of nitrogens with one attached hydrogen (secondary N) is 2. The summed E-state index contributed by atoms with van der Waals surface area (Å²) in [6.45, 7) is 3.59. The van der Waals surface area contributed by atoms with E-state index in [4.69, 9.17) is 5.84 Å². The van der Waals surface area contributed by atoms with Crippen LogP contribution in [0.1, 0.15) is 5.56 Å². The van der Waals surface area contributed by atoms with Gasteiger partial charge in [0.2, 0.25) is 0 Å². The van der Waals surface area contributed by atoms with Crippen LogP contribution in [0.5, 0.6) is 0 Å². The molecule has 0 unspecified atom stereocenters. The summed E-state index contributed by atoms with van der Waals surface area (Å²) in [5.41, 5.74) is 3.85. The van der Waals surface area contributed by atoms with E-state index in [-0.39, 0.29) is 5.91 Å². The third-order valence-electron chi connectivity index (χ3n) is 2.02. The molecule has 1 aromatic rings. The van der Waals surface area contributed by atoms with E-state index in [0.29, 0.717) is 18.7 Å². The second-order valence-corrected chi connectivity index (χ2v) is 3.26. The number of hydrogen-bond donors (Lipinski definition) is 3. The van der Waals surface area contributed by atoms with Gasteiger partial charge >= 0.3 is 0 Å². The molecule has 0 aliphatic rings. The molecule has 1 heterocycles. The Bertz CT molecular complexity index is 402. The first kappa shape index (κ1) is 13.0. The number of nitrogens with two attached hydrogens (primary N) is 1. The summed E-state index contributed by atoms with van der Waals surface area (Å²) in [5.74, 6) is 4.74. The fourth-order valence-electron chi connectivity index (χ4n) is 1.25. The molecule has 0 spiro atoms. The van der Waals surface area contributed by atoms with Gasteiger partial charge < -0.3 is 5.32 Å². The quantitative estimate of drug-likeness (QED) is 0.157. The van der Waals surface area contributed by atoms with Crippen LogP contribution in [0.25, 0.3) is 0 Å². The fourth-order valence-corrected chi connectivity index (χ4v) is 1.25. The van der Waals surface area contributed by atoms with Crippen molar-refractivity contribution >= 4 is 12.6 Å². The SMILES string of the molecule is C=NC(=O)/C(=C\NCNN)Cc1cccnc1. The summed E-state index contributed by atoms with van der Waals surface area (Å²) in [6, 6.07) is 3.70. The van der Waals surface area contributed by atoms with E-state index in [0.717, 1.165) is 5.56 Å². The molecule has 1 aromatic heterocycles. The van der Waals surface area contributed by atoms with Gasteiger partial charge in [-0.15, -0.1) is 0 Å². The Balaban J connectivity index is 2.74. The second-order valence-electron chi connectivity index (χ2n) is 3.26. The Morgan fingerprint density at radius 3 is 3.06 bits per heavy atom. The molecule has 0 aliphatic heterocycles. The van der Waals surface area contributed by atoms with E-state index in [9.17, 15) is 4.79 Å². The number of hydrazine groups is 1. The third-order valence-corrected chi connectivity index (χ3v) is 2.02. The predicted octanol–water partition coefficient (Wildman–Crippen LogP) is -0.254. The minimum Gasteiger partial charge on any atom is -0.377 e. The van der Waals surface area contributed by atoms with Gasteiger partial charge in [0.25, 0.3) is 5.91 Å². The lowest BCUT2D eigenvalue weighted by Crippen LogP contribution is -2.31. The number of carbonyl (C=O) groups is 1.